The van der Waals surface area contributed by atoms with Crippen molar-refractivity contribution < 1.29 is 15.0 Å². The Kier molecular flexibility index (Phi) is 4.34. The fourth-order valence-electron chi connectivity index (χ4n) is 1.61. The SMILES string of the molecule is CC(C)C(NCc1cccc(O)c1O)C(N)=O. The van der Waals surface area contributed by atoms with Crippen LogP contribution in [0.5, 0.6) is 11.5 Å². The maximum absolute atomic E-state index is 11.2. The highest BCUT2D eigenvalue weighted by Gasteiger charge is 2.19. The topological polar surface area (TPSA) is 95.6 Å². The van der Waals surface area contributed by atoms with E-state index in [4.69, 9.17) is 5.73 Å². The quantitative estimate of drug-likeness (QED) is 0.568. The van der Waals surface area contributed by atoms with E-state index in [9.17, 15) is 15.0 Å². The molecule has 0 aliphatic heterocycles. The second-order valence-electron chi connectivity index (χ2n) is 4.29. The van der Waals surface area contributed by atoms with Crippen molar-refractivity contribution in [2.45, 2.75) is 26.4 Å². The first-order chi connectivity index (χ1) is 7.93. The molecule has 0 aliphatic rings. The highest BCUT2D eigenvalue weighted by Crippen LogP contribution is 2.28. The Morgan fingerprint density at radius 1 is 1.41 bits per heavy atom. The lowest BCUT2D eigenvalue weighted by atomic mass is 10.0. The molecule has 94 valence electrons. The van der Waals surface area contributed by atoms with Gasteiger partial charge in [0, 0.05) is 12.1 Å². The summed E-state index contributed by atoms with van der Waals surface area (Å²) in [6.45, 7) is 4.03. The fourth-order valence-corrected chi connectivity index (χ4v) is 1.61. The second kappa shape index (κ2) is 5.54. The average Bonchev–Trinajstić information content (AvgIpc) is 2.23. The monoisotopic (exact) mass is 238 g/mol. The smallest absolute Gasteiger partial charge is 0.234 e. The van der Waals surface area contributed by atoms with Crippen LogP contribution in [0.15, 0.2) is 18.2 Å². The Labute approximate surface area is 100 Å². The summed E-state index contributed by atoms with van der Waals surface area (Å²) in [5, 5.41) is 21.9. The lowest BCUT2D eigenvalue weighted by molar-refractivity contribution is -0.121. The molecule has 0 saturated carbocycles. The summed E-state index contributed by atoms with van der Waals surface area (Å²) in [6, 6.07) is 4.23. The van der Waals surface area contributed by atoms with Crippen LogP contribution in [-0.4, -0.2) is 22.2 Å². The summed E-state index contributed by atoms with van der Waals surface area (Å²) in [7, 11) is 0. The number of carbonyl (C=O) groups is 1. The normalized spacial score (nSPS) is 12.6. The third-order valence-corrected chi connectivity index (χ3v) is 2.58. The summed E-state index contributed by atoms with van der Waals surface area (Å²) in [6.07, 6.45) is 0. The molecule has 1 atom stereocenters. The van der Waals surface area contributed by atoms with Crippen molar-refractivity contribution in [3.63, 3.8) is 0 Å². The third kappa shape index (κ3) is 3.35. The van der Waals surface area contributed by atoms with E-state index in [-0.39, 0.29) is 24.0 Å². The van der Waals surface area contributed by atoms with Crippen molar-refractivity contribution in [3.05, 3.63) is 23.8 Å². The molecule has 1 unspecified atom stereocenters. The predicted octanol–water partition coefficient (Wildman–Crippen LogP) is 0.697. The van der Waals surface area contributed by atoms with Crippen LogP contribution >= 0.6 is 0 Å². The van der Waals surface area contributed by atoms with Crippen molar-refractivity contribution >= 4 is 5.91 Å². The van der Waals surface area contributed by atoms with Crippen molar-refractivity contribution in [3.8, 4) is 11.5 Å². The number of nitrogens with two attached hydrogens (primary N) is 1. The molecule has 0 heterocycles. The zero-order chi connectivity index (χ0) is 13.0. The number of aromatic hydroxyl groups is 2. The summed E-state index contributed by atoms with van der Waals surface area (Å²) >= 11 is 0. The molecule has 0 saturated heterocycles. The number of phenolic OH excluding ortho intramolecular Hbond substituents is 2. The number of nitrogens with one attached hydrogen (secondary N) is 1. The minimum Gasteiger partial charge on any atom is -0.504 e. The van der Waals surface area contributed by atoms with E-state index in [1.54, 1.807) is 12.1 Å². The number of phenols is 2. The Morgan fingerprint density at radius 2 is 2.06 bits per heavy atom. The van der Waals surface area contributed by atoms with Crippen LogP contribution in [-0.2, 0) is 11.3 Å². The molecule has 5 nitrogen and oxygen atoms in total. The van der Waals surface area contributed by atoms with Gasteiger partial charge in [-0.25, -0.2) is 0 Å². The number of benzene rings is 1. The number of hydrogen-bond acceptors (Lipinski definition) is 4. The fraction of sp³-hybridized carbons (Fsp3) is 0.417. The van der Waals surface area contributed by atoms with Gasteiger partial charge < -0.3 is 21.3 Å². The third-order valence-electron chi connectivity index (χ3n) is 2.58. The number of rotatable bonds is 5. The van der Waals surface area contributed by atoms with Crippen molar-refractivity contribution in [1.29, 1.82) is 0 Å². The Morgan fingerprint density at radius 3 is 2.59 bits per heavy atom. The van der Waals surface area contributed by atoms with E-state index in [1.165, 1.54) is 6.07 Å². The van der Waals surface area contributed by atoms with E-state index in [2.05, 4.69) is 5.32 Å². The summed E-state index contributed by atoms with van der Waals surface area (Å²) in [5.41, 5.74) is 5.78. The van der Waals surface area contributed by atoms with Gasteiger partial charge in [0.25, 0.3) is 0 Å². The van der Waals surface area contributed by atoms with E-state index >= 15 is 0 Å². The molecule has 0 bridgehead atoms. The highest BCUT2D eigenvalue weighted by molar-refractivity contribution is 5.80. The lowest BCUT2D eigenvalue weighted by Gasteiger charge is -2.19. The molecule has 17 heavy (non-hydrogen) atoms. The minimum atomic E-state index is -0.461. The molecule has 0 fully saturated rings. The van der Waals surface area contributed by atoms with E-state index in [1.807, 2.05) is 13.8 Å². The number of para-hydroxylation sites is 1. The van der Waals surface area contributed by atoms with Crippen LogP contribution < -0.4 is 11.1 Å². The molecule has 1 amide bonds. The average molecular weight is 238 g/mol. The zero-order valence-electron chi connectivity index (χ0n) is 9.97. The van der Waals surface area contributed by atoms with Gasteiger partial charge in [0.15, 0.2) is 11.5 Å². The van der Waals surface area contributed by atoms with Crippen molar-refractivity contribution in [2.75, 3.05) is 0 Å². The van der Waals surface area contributed by atoms with Crippen LogP contribution in [0.2, 0.25) is 0 Å². The van der Waals surface area contributed by atoms with Gasteiger partial charge in [-0.3, -0.25) is 4.79 Å². The minimum absolute atomic E-state index is 0.0620. The lowest BCUT2D eigenvalue weighted by Crippen LogP contribution is -2.44. The van der Waals surface area contributed by atoms with Gasteiger partial charge in [-0.05, 0) is 12.0 Å². The summed E-state index contributed by atoms with van der Waals surface area (Å²) in [5.74, 6) is -0.719. The molecule has 0 radical (unpaired) electrons. The molecule has 1 aromatic rings. The summed E-state index contributed by atoms with van der Waals surface area (Å²) < 4.78 is 0. The summed E-state index contributed by atoms with van der Waals surface area (Å²) in [4.78, 5) is 11.2. The molecular formula is C12H18N2O3. The van der Waals surface area contributed by atoms with E-state index in [0.717, 1.165) is 0 Å². The maximum Gasteiger partial charge on any atom is 0.234 e. The highest BCUT2D eigenvalue weighted by atomic mass is 16.3. The van der Waals surface area contributed by atoms with Crippen LogP contribution in [0.4, 0.5) is 0 Å². The Bertz CT molecular complexity index is 405. The molecule has 1 aromatic carbocycles. The van der Waals surface area contributed by atoms with Crippen LogP contribution in [0.25, 0.3) is 0 Å². The molecule has 5 N–H and O–H groups in total. The largest absolute Gasteiger partial charge is 0.504 e. The molecular weight excluding hydrogens is 220 g/mol. The first-order valence-electron chi connectivity index (χ1n) is 5.46. The van der Waals surface area contributed by atoms with Gasteiger partial charge in [0.2, 0.25) is 5.91 Å². The van der Waals surface area contributed by atoms with E-state index in [0.29, 0.717) is 5.56 Å². The van der Waals surface area contributed by atoms with Gasteiger partial charge in [-0.15, -0.1) is 0 Å². The standard InChI is InChI=1S/C12H18N2O3/c1-7(2)10(12(13)17)14-6-8-4-3-5-9(15)11(8)16/h3-5,7,10,14-16H,6H2,1-2H3,(H2,13,17). The van der Waals surface area contributed by atoms with Gasteiger partial charge in [-0.2, -0.15) is 0 Å². The molecule has 5 heteroatoms. The van der Waals surface area contributed by atoms with Crippen LogP contribution in [0.3, 0.4) is 0 Å². The van der Waals surface area contributed by atoms with Gasteiger partial charge >= 0.3 is 0 Å². The number of carbonyl (C=O) groups excluding carboxylic acids is 1. The van der Waals surface area contributed by atoms with Crippen molar-refractivity contribution in [1.82, 2.24) is 5.32 Å². The zero-order valence-corrected chi connectivity index (χ0v) is 9.97. The molecule has 0 aliphatic carbocycles. The Balaban J connectivity index is 2.72. The van der Waals surface area contributed by atoms with Crippen LogP contribution in [0.1, 0.15) is 19.4 Å². The van der Waals surface area contributed by atoms with E-state index < -0.39 is 11.9 Å². The number of hydrogen-bond donors (Lipinski definition) is 4. The molecule has 1 rings (SSSR count). The predicted molar refractivity (Wildman–Crippen MR) is 64.4 cm³/mol. The van der Waals surface area contributed by atoms with Gasteiger partial charge in [0.1, 0.15) is 0 Å². The first kappa shape index (κ1) is 13.3. The number of primary amides is 1. The van der Waals surface area contributed by atoms with Gasteiger partial charge in [0.05, 0.1) is 6.04 Å². The van der Waals surface area contributed by atoms with Crippen LogP contribution in [0, 0.1) is 5.92 Å². The maximum atomic E-state index is 11.2. The molecule has 0 aromatic heterocycles. The Hall–Kier alpha value is -1.75. The number of amides is 1. The molecule has 0 spiro atoms. The van der Waals surface area contributed by atoms with Gasteiger partial charge in [-0.1, -0.05) is 26.0 Å². The second-order valence-corrected chi connectivity index (χ2v) is 4.29. The van der Waals surface area contributed by atoms with Crippen molar-refractivity contribution in [2.24, 2.45) is 11.7 Å². The first-order valence-corrected chi connectivity index (χ1v) is 5.46.